The van der Waals surface area contributed by atoms with Gasteiger partial charge in [-0.3, -0.25) is 4.79 Å². The maximum Gasteiger partial charge on any atom is 0.186 e. The van der Waals surface area contributed by atoms with Crippen molar-refractivity contribution >= 4 is 28.7 Å². The number of Topliss-reactive ketones (excluding diaryl/α,β-unsaturated/α-hetero) is 1. The van der Waals surface area contributed by atoms with Crippen molar-refractivity contribution in [2.24, 2.45) is 0 Å². The number of carbonyl (C=O) groups is 1. The highest BCUT2D eigenvalue weighted by molar-refractivity contribution is 7.10. The van der Waals surface area contributed by atoms with Crippen LogP contribution in [0, 0.1) is 11.3 Å². The Bertz CT molecular complexity index is 571. The first kappa shape index (κ1) is 11.8. The molecule has 2 nitrogen and oxygen atoms in total. The molecular formula is C13H8ClNOS. The van der Waals surface area contributed by atoms with Crippen molar-refractivity contribution in [2.45, 2.75) is 5.92 Å². The van der Waals surface area contributed by atoms with Crippen LogP contribution in [0.3, 0.4) is 0 Å². The molecule has 4 heteroatoms. The third-order valence-corrected chi connectivity index (χ3v) is 3.63. The Morgan fingerprint density at radius 2 is 2.06 bits per heavy atom. The molecule has 0 aliphatic rings. The molecule has 0 saturated heterocycles. The minimum absolute atomic E-state index is 0.249. The van der Waals surface area contributed by atoms with Crippen LogP contribution in [-0.4, -0.2) is 5.78 Å². The van der Waals surface area contributed by atoms with E-state index in [4.69, 9.17) is 16.9 Å². The van der Waals surface area contributed by atoms with Gasteiger partial charge in [-0.25, -0.2) is 0 Å². The minimum Gasteiger partial charge on any atom is -0.292 e. The topological polar surface area (TPSA) is 40.9 Å². The average Bonchev–Trinajstić information content (AvgIpc) is 2.84. The Balaban J connectivity index is 2.38. The molecule has 0 aliphatic carbocycles. The van der Waals surface area contributed by atoms with Crippen molar-refractivity contribution in [1.29, 1.82) is 5.26 Å². The van der Waals surface area contributed by atoms with Crippen LogP contribution < -0.4 is 0 Å². The lowest BCUT2D eigenvalue weighted by Gasteiger charge is -2.07. The summed E-state index contributed by atoms with van der Waals surface area (Å²) in [4.78, 5) is 12.9. The standard InChI is InChI=1S/C13H8ClNOS/c14-11-5-2-1-4-9(11)13(16)10(8-15)12-6-3-7-17-12/h1-7,10H. The highest BCUT2D eigenvalue weighted by Crippen LogP contribution is 2.27. The molecule has 0 saturated carbocycles. The van der Waals surface area contributed by atoms with Gasteiger partial charge >= 0.3 is 0 Å². The first-order valence-corrected chi connectivity index (χ1v) is 6.21. The van der Waals surface area contributed by atoms with Gasteiger partial charge in [0, 0.05) is 10.4 Å². The smallest absolute Gasteiger partial charge is 0.186 e. The van der Waals surface area contributed by atoms with Crippen molar-refractivity contribution in [3.8, 4) is 6.07 Å². The number of rotatable bonds is 3. The molecule has 0 N–H and O–H groups in total. The summed E-state index contributed by atoms with van der Waals surface area (Å²) in [5.74, 6) is -1.02. The Hall–Kier alpha value is -1.63. The predicted molar refractivity (Wildman–Crippen MR) is 68.5 cm³/mol. The summed E-state index contributed by atoms with van der Waals surface area (Å²) in [5.41, 5.74) is 0.397. The summed E-state index contributed by atoms with van der Waals surface area (Å²) < 4.78 is 0. The van der Waals surface area contributed by atoms with Crippen molar-refractivity contribution in [2.75, 3.05) is 0 Å². The largest absolute Gasteiger partial charge is 0.292 e. The van der Waals surface area contributed by atoms with E-state index in [0.717, 1.165) is 4.88 Å². The van der Waals surface area contributed by atoms with Gasteiger partial charge in [0.05, 0.1) is 11.1 Å². The fourth-order valence-corrected chi connectivity index (χ4v) is 2.52. The summed E-state index contributed by atoms with van der Waals surface area (Å²) >= 11 is 7.35. The van der Waals surface area contributed by atoms with Gasteiger partial charge in [-0.15, -0.1) is 11.3 Å². The highest BCUT2D eigenvalue weighted by atomic mass is 35.5. The molecule has 0 radical (unpaired) electrons. The number of hydrogen-bond donors (Lipinski definition) is 0. The number of hydrogen-bond acceptors (Lipinski definition) is 3. The van der Waals surface area contributed by atoms with Gasteiger partial charge in [-0.2, -0.15) is 5.26 Å². The minimum atomic E-state index is -0.769. The summed E-state index contributed by atoms with van der Waals surface area (Å²) in [5, 5.41) is 11.3. The van der Waals surface area contributed by atoms with Gasteiger partial charge in [0.25, 0.3) is 0 Å². The van der Waals surface area contributed by atoms with Crippen molar-refractivity contribution in [1.82, 2.24) is 0 Å². The third-order valence-electron chi connectivity index (χ3n) is 2.36. The first-order valence-electron chi connectivity index (χ1n) is 4.96. The van der Waals surface area contributed by atoms with Crippen LogP contribution in [0.2, 0.25) is 5.02 Å². The van der Waals surface area contributed by atoms with Crippen LogP contribution in [0.1, 0.15) is 21.2 Å². The molecule has 0 amide bonds. The molecule has 2 rings (SSSR count). The molecule has 0 spiro atoms. The maximum absolute atomic E-state index is 12.2. The van der Waals surface area contributed by atoms with E-state index in [1.807, 2.05) is 17.5 Å². The molecule has 0 aliphatic heterocycles. The monoisotopic (exact) mass is 261 g/mol. The molecule has 1 heterocycles. The fraction of sp³-hybridized carbons (Fsp3) is 0.0769. The van der Waals surface area contributed by atoms with Crippen LogP contribution in [-0.2, 0) is 0 Å². The summed E-state index contributed by atoms with van der Waals surface area (Å²) in [7, 11) is 0. The van der Waals surface area contributed by atoms with Gasteiger partial charge in [0.1, 0.15) is 5.92 Å². The van der Waals surface area contributed by atoms with Gasteiger partial charge < -0.3 is 0 Å². The third kappa shape index (κ3) is 2.38. The molecule has 17 heavy (non-hydrogen) atoms. The summed E-state index contributed by atoms with van der Waals surface area (Å²) in [6.45, 7) is 0. The normalized spacial score (nSPS) is 11.8. The molecule has 1 aromatic heterocycles. The lowest BCUT2D eigenvalue weighted by Crippen LogP contribution is -2.10. The maximum atomic E-state index is 12.2. The van der Waals surface area contributed by atoms with Crippen molar-refractivity contribution in [3.63, 3.8) is 0 Å². The van der Waals surface area contributed by atoms with Crippen molar-refractivity contribution in [3.05, 3.63) is 57.2 Å². The van der Waals surface area contributed by atoms with Gasteiger partial charge in [-0.05, 0) is 23.6 Å². The lowest BCUT2D eigenvalue weighted by atomic mass is 9.97. The number of halogens is 1. The van der Waals surface area contributed by atoms with Crippen LogP contribution in [0.25, 0.3) is 0 Å². The summed E-state index contributed by atoms with van der Waals surface area (Å²) in [6, 6.07) is 12.4. The Morgan fingerprint density at radius 1 is 1.29 bits per heavy atom. The molecule has 1 unspecified atom stereocenters. The molecule has 2 aromatic rings. The second kappa shape index (κ2) is 5.13. The quantitative estimate of drug-likeness (QED) is 0.787. The second-order valence-electron chi connectivity index (χ2n) is 3.42. The van der Waals surface area contributed by atoms with Crippen LogP contribution >= 0.6 is 22.9 Å². The first-order chi connectivity index (χ1) is 8.24. The zero-order valence-corrected chi connectivity index (χ0v) is 10.3. The predicted octanol–water partition coefficient (Wildman–Crippen LogP) is 3.89. The number of nitrogens with zero attached hydrogens (tertiary/aromatic N) is 1. The molecule has 1 atom stereocenters. The van der Waals surface area contributed by atoms with E-state index in [9.17, 15) is 4.79 Å². The van der Waals surface area contributed by atoms with E-state index in [0.29, 0.717) is 10.6 Å². The van der Waals surface area contributed by atoms with E-state index in [2.05, 4.69) is 0 Å². The fourth-order valence-electron chi connectivity index (χ4n) is 1.52. The molecule has 1 aromatic carbocycles. The van der Waals surface area contributed by atoms with Crippen LogP contribution in [0.15, 0.2) is 41.8 Å². The lowest BCUT2D eigenvalue weighted by molar-refractivity contribution is 0.0980. The van der Waals surface area contributed by atoms with E-state index in [1.165, 1.54) is 11.3 Å². The zero-order valence-electron chi connectivity index (χ0n) is 8.76. The number of nitriles is 1. The Kier molecular flexibility index (Phi) is 3.58. The summed E-state index contributed by atoms with van der Waals surface area (Å²) in [6.07, 6.45) is 0. The molecule has 0 bridgehead atoms. The van der Waals surface area contributed by atoms with Crippen molar-refractivity contribution < 1.29 is 4.79 Å². The van der Waals surface area contributed by atoms with Gasteiger partial charge in [0.2, 0.25) is 0 Å². The van der Waals surface area contributed by atoms with E-state index < -0.39 is 5.92 Å². The average molecular weight is 262 g/mol. The Labute approximate surface area is 108 Å². The highest BCUT2D eigenvalue weighted by Gasteiger charge is 2.24. The Morgan fingerprint density at radius 3 is 2.65 bits per heavy atom. The second-order valence-corrected chi connectivity index (χ2v) is 4.81. The molecule has 0 fully saturated rings. The number of ketones is 1. The van der Waals surface area contributed by atoms with E-state index in [-0.39, 0.29) is 5.78 Å². The zero-order chi connectivity index (χ0) is 12.3. The molecule has 84 valence electrons. The van der Waals surface area contributed by atoms with Gasteiger partial charge in [-0.1, -0.05) is 29.8 Å². The van der Waals surface area contributed by atoms with Crippen LogP contribution in [0.4, 0.5) is 0 Å². The SMILES string of the molecule is N#CC(C(=O)c1ccccc1Cl)c1cccs1. The van der Waals surface area contributed by atoms with E-state index in [1.54, 1.807) is 30.3 Å². The van der Waals surface area contributed by atoms with Gasteiger partial charge in [0.15, 0.2) is 5.78 Å². The van der Waals surface area contributed by atoms with E-state index >= 15 is 0 Å². The van der Waals surface area contributed by atoms with Crippen LogP contribution in [0.5, 0.6) is 0 Å². The molecular weight excluding hydrogens is 254 g/mol. The number of carbonyl (C=O) groups excluding carboxylic acids is 1. The number of benzene rings is 1. The number of thiophene rings is 1.